The maximum absolute atomic E-state index is 4.29. The molecule has 0 radical (unpaired) electrons. The Morgan fingerprint density at radius 1 is 1.29 bits per heavy atom. The van der Waals surface area contributed by atoms with Gasteiger partial charge >= 0.3 is 0 Å². The molecule has 1 aliphatic rings. The van der Waals surface area contributed by atoms with Gasteiger partial charge in [0.2, 0.25) is 0 Å². The van der Waals surface area contributed by atoms with Gasteiger partial charge in [-0.1, -0.05) is 23.8 Å². The Hall–Kier alpha value is -1.27. The molecule has 0 bridgehead atoms. The van der Waals surface area contributed by atoms with E-state index < -0.39 is 0 Å². The van der Waals surface area contributed by atoms with Crippen molar-refractivity contribution in [2.75, 3.05) is 7.05 Å². The molecule has 114 valence electrons. The molecule has 6 heteroatoms. The Labute approximate surface area is 129 Å². The maximum atomic E-state index is 4.29. The normalized spacial score (nSPS) is 16.7. The monoisotopic (exact) mass is 305 g/mol. The number of nitrogens with zero attached hydrogens (tertiary/aromatic N) is 4. The topological polar surface area (TPSA) is 57.7 Å². The fourth-order valence-corrected chi connectivity index (χ4v) is 3.89. The van der Waals surface area contributed by atoms with Gasteiger partial charge in [0.15, 0.2) is 0 Å². The molecule has 0 atom stereocenters. The van der Waals surface area contributed by atoms with Crippen LogP contribution in [0.2, 0.25) is 0 Å². The minimum absolute atomic E-state index is 0.677. The van der Waals surface area contributed by atoms with Gasteiger partial charge in [-0.15, -0.1) is 5.10 Å². The Kier molecular flexibility index (Phi) is 4.65. The summed E-state index contributed by atoms with van der Waals surface area (Å²) in [5.74, 6) is 0.677. The first-order valence-electron chi connectivity index (χ1n) is 7.72. The number of rotatable bonds is 5. The van der Waals surface area contributed by atoms with E-state index in [1.165, 1.54) is 59.8 Å². The van der Waals surface area contributed by atoms with Crippen LogP contribution in [-0.2, 0) is 13.1 Å². The standard InChI is InChI=1S/C15H23N5S/c1-11-14(21-19-17-11)10-20(2)9-13-8-16-18-15(13)12-6-4-3-5-7-12/h8,12H,3-7,9-10H2,1-2H3,(H,16,18). The molecule has 1 saturated carbocycles. The fraction of sp³-hybridized carbons (Fsp3) is 0.667. The zero-order valence-electron chi connectivity index (χ0n) is 12.8. The number of aromatic amines is 1. The van der Waals surface area contributed by atoms with Gasteiger partial charge in [-0.05, 0) is 38.3 Å². The smallest absolute Gasteiger partial charge is 0.0769 e. The van der Waals surface area contributed by atoms with Crippen LogP contribution >= 0.6 is 11.5 Å². The molecule has 1 N–H and O–H groups in total. The van der Waals surface area contributed by atoms with E-state index in [2.05, 4.69) is 31.7 Å². The lowest BCUT2D eigenvalue weighted by atomic mass is 9.85. The molecule has 0 amide bonds. The predicted molar refractivity (Wildman–Crippen MR) is 84.2 cm³/mol. The molecule has 0 spiro atoms. The fourth-order valence-electron chi connectivity index (χ4n) is 3.18. The van der Waals surface area contributed by atoms with Crippen LogP contribution in [0.3, 0.4) is 0 Å². The Bertz CT molecular complexity index is 570. The summed E-state index contributed by atoms with van der Waals surface area (Å²) in [4.78, 5) is 3.57. The van der Waals surface area contributed by atoms with Crippen molar-refractivity contribution in [2.24, 2.45) is 0 Å². The molecule has 0 aromatic carbocycles. The van der Waals surface area contributed by atoms with E-state index in [-0.39, 0.29) is 0 Å². The number of hydrogen-bond donors (Lipinski definition) is 1. The highest BCUT2D eigenvalue weighted by atomic mass is 32.1. The average Bonchev–Trinajstić information content (AvgIpc) is 3.10. The van der Waals surface area contributed by atoms with Crippen LogP contribution in [0, 0.1) is 6.92 Å². The van der Waals surface area contributed by atoms with E-state index in [0.717, 1.165) is 18.8 Å². The third-order valence-corrected chi connectivity index (χ3v) is 5.17. The van der Waals surface area contributed by atoms with E-state index >= 15 is 0 Å². The zero-order valence-corrected chi connectivity index (χ0v) is 13.6. The molecule has 1 aliphatic carbocycles. The quantitative estimate of drug-likeness (QED) is 0.921. The van der Waals surface area contributed by atoms with Crippen LogP contribution in [0.1, 0.15) is 59.9 Å². The number of aromatic nitrogens is 4. The first-order valence-corrected chi connectivity index (χ1v) is 8.50. The molecule has 0 aliphatic heterocycles. The molecule has 3 rings (SSSR count). The summed E-state index contributed by atoms with van der Waals surface area (Å²) in [6, 6.07) is 0. The van der Waals surface area contributed by atoms with Crippen molar-refractivity contribution in [1.82, 2.24) is 24.7 Å². The summed E-state index contributed by atoms with van der Waals surface area (Å²) >= 11 is 1.50. The summed E-state index contributed by atoms with van der Waals surface area (Å²) in [7, 11) is 2.15. The molecule has 2 heterocycles. The van der Waals surface area contributed by atoms with Crippen LogP contribution in [-0.4, -0.2) is 31.7 Å². The van der Waals surface area contributed by atoms with Crippen molar-refractivity contribution >= 4 is 11.5 Å². The molecule has 0 saturated heterocycles. The second kappa shape index (κ2) is 6.66. The largest absolute Gasteiger partial charge is 0.297 e. The number of H-pyrrole nitrogens is 1. The molecular weight excluding hydrogens is 282 g/mol. The van der Waals surface area contributed by atoms with E-state index in [0.29, 0.717) is 5.92 Å². The van der Waals surface area contributed by atoms with Gasteiger partial charge < -0.3 is 0 Å². The van der Waals surface area contributed by atoms with Gasteiger partial charge in [0.05, 0.1) is 16.8 Å². The van der Waals surface area contributed by atoms with Crippen molar-refractivity contribution in [3.63, 3.8) is 0 Å². The van der Waals surface area contributed by atoms with Gasteiger partial charge in [-0.2, -0.15) is 5.10 Å². The van der Waals surface area contributed by atoms with Crippen molar-refractivity contribution in [3.05, 3.63) is 28.0 Å². The third kappa shape index (κ3) is 3.49. The lowest BCUT2D eigenvalue weighted by Crippen LogP contribution is -2.18. The van der Waals surface area contributed by atoms with Crippen molar-refractivity contribution in [2.45, 2.75) is 58.0 Å². The second-order valence-corrected chi connectivity index (χ2v) is 6.94. The van der Waals surface area contributed by atoms with Crippen LogP contribution < -0.4 is 0 Å². The first-order chi connectivity index (χ1) is 10.2. The second-order valence-electron chi connectivity index (χ2n) is 6.10. The predicted octanol–water partition coefficient (Wildman–Crippen LogP) is 3.25. The van der Waals surface area contributed by atoms with Crippen LogP contribution in [0.15, 0.2) is 6.20 Å². The first kappa shape index (κ1) is 14.7. The lowest BCUT2D eigenvalue weighted by Gasteiger charge is -2.23. The maximum Gasteiger partial charge on any atom is 0.0769 e. The molecule has 0 unspecified atom stereocenters. The minimum Gasteiger partial charge on any atom is -0.297 e. The summed E-state index contributed by atoms with van der Waals surface area (Å²) < 4.78 is 4.01. The number of aryl methyl sites for hydroxylation is 1. The molecule has 1 fully saturated rings. The number of nitrogens with one attached hydrogen (secondary N) is 1. The number of hydrogen-bond acceptors (Lipinski definition) is 5. The molecular formula is C15H23N5S. The molecule has 5 nitrogen and oxygen atoms in total. The minimum atomic E-state index is 0.677. The Balaban J connectivity index is 1.64. The van der Waals surface area contributed by atoms with Crippen molar-refractivity contribution < 1.29 is 0 Å². The van der Waals surface area contributed by atoms with E-state index in [4.69, 9.17) is 0 Å². The summed E-state index contributed by atoms with van der Waals surface area (Å²) in [6.07, 6.45) is 8.69. The average molecular weight is 305 g/mol. The van der Waals surface area contributed by atoms with E-state index in [1.54, 1.807) is 0 Å². The summed E-state index contributed by atoms with van der Waals surface area (Å²) in [5.41, 5.74) is 3.76. The Morgan fingerprint density at radius 3 is 2.81 bits per heavy atom. The highest BCUT2D eigenvalue weighted by Gasteiger charge is 2.20. The third-order valence-electron chi connectivity index (χ3n) is 4.36. The van der Waals surface area contributed by atoms with Crippen molar-refractivity contribution in [1.29, 1.82) is 0 Å². The highest BCUT2D eigenvalue weighted by molar-refractivity contribution is 7.05. The van der Waals surface area contributed by atoms with Gasteiger partial charge in [-0.3, -0.25) is 10.00 Å². The van der Waals surface area contributed by atoms with Crippen LogP contribution in [0.5, 0.6) is 0 Å². The van der Waals surface area contributed by atoms with Gasteiger partial charge in [-0.25, -0.2) is 0 Å². The van der Waals surface area contributed by atoms with Gasteiger partial charge in [0.25, 0.3) is 0 Å². The Morgan fingerprint density at radius 2 is 2.10 bits per heavy atom. The van der Waals surface area contributed by atoms with Crippen LogP contribution in [0.25, 0.3) is 0 Å². The SMILES string of the molecule is Cc1nnsc1CN(C)Cc1cn[nH]c1C1CCCCC1. The van der Waals surface area contributed by atoms with E-state index in [9.17, 15) is 0 Å². The highest BCUT2D eigenvalue weighted by Crippen LogP contribution is 2.33. The van der Waals surface area contributed by atoms with Gasteiger partial charge in [0, 0.05) is 30.3 Å². The summed E-state index contributed by atoms with van der Waals surface area (Å²) in [6.45, 7) is 3.86. The van der Waals surface area contributed by atoms with Crippen molar-refractivity contribution in [3.8, 4) is 0 Å². The zero-order chi connectivity index (χ0) is 14.7. The molecule has 21 heavy (non-hydrogen) atoms. The van der Waals surface area contributed by atoms with Gasteiger partial charge in [0.1, 0.15) is 0 Å². The lowest BCUT2D eigenvalue weighted by molar-refractivity contribution is 0.317. The summed E-state index contributed by atoms with van der Waals surface area (Å²) in [5, 5.41) is 11.6. The molecule has 2 aromatic heterocycles. The van der Waals surface area contributed by atoms with E-state index in [1.807, 2.05) is 13.1 Å². The molecule has 2 aromatic rings. The van der Waals surface area contributed by atoms with Crippen LogP contribution in [0.4, 0.5) is 0 Å².